The van der Waals surface area contributed by atoms with Gasteiger partial charge >= 0.3 is 0 Å². The van der Waals surface area contributed by atoms with Crippen molar-refractivity contribution in [3.8, 4) is 11.1 Å². The molecule has 2 aromatic rings. The van der Waals surface area contributed by atoms with E-state index < -0.39 is 6.10 Å². The zero-order valence-corrected chi connectivity index (χ0v) is 18.0. The molecule has 0 heterocycles. The van der Waals surface area contributed by atoms with Gasteiger partial charge in [0, 0.05) is 14.2 Å². The Morgan fingerprint density at radius 2 is 0.885 bits per heavy atom. The zero-order valence-electron chi connectivity index (χ0n) is 18.0. The summed E-state index contributed by atoms with van der Waals surface area (Å²) in [6.45, 7) is 12.7. The molecular weight excluding hydrogens is 324 g/mol. The van der Waals surface area contributed by atoms with Crippen LogP contribution in [0.3, 0.4) is 0 Å². The second-order valence-corrected chi connectivity index (χ2v) is 4.30. The Balaban J connectivity index is -0.000000332. The van der Waals surface area contributed by atoms with E-state index in [1.54, 1.807) is 14.2 Å². The lowest BCUT2D eigenvalue weighted by atomic mass is 10.1. The van der Waals surface area contributed by atoms with Crippen LogP contribution in [0.5, 0.6) is 0 Å². The minimum atomic E-state index is -0.481. The van der Waals surface area contributed by atoms with Gasteiger partial charge in [0.1, 0.15) is 6.10 Å². The largest absolute Gasteiger partial charge is 0.388 e. The molecule has 150 valence electrons. The van der Waals surface area contributed by atoms with Crippen LogP contribution in [-0.4, -0.2) is 38.6 Å². The lowest BCUT2D eigenvalue weighted by Gasteiger charge is -2.05. The molecular formula is C23H40O3. The first-order valence-electron chi connectivity index (χ1n) is 9.54. The number of ether oxygens (including phenoxy) is 2. The molecule has 0 radical (unpaired) electrons. The third kappa shape index (κ3) is 17.2. The fourth-order valence-corrected chi connectivity index (χ4v) is 1.69. The Morgan fingerprint density at radius 1 is 0.615 bits per heavy atom. The summed E-state index contributed by atoms with van der Waals surface area (Å²) >= 11 is 0. The molecule has 0 atom stereocenters. The maximum atomic E-state index is 8.80. The number of benzene rings is 2. The molecule has 3 heteroatoms. The Kier molecular flexibility index (Phi) is 28.6. The molecule has 0 saturated heterocycles. The molecule has 0 bridgehead atoms. The molecule has 2 aromatic carbocycles. The van der Waals surface area contributed by atoms with Crippen LogP contribution in [0.15, 0.2) is 60.7 Å². The van der Waals surface area contributed by atoms with Crippen molar-refractivity contribution in [2.24, 2.45) is 0 Å². The standard InChI is InChI=1S/C12H10.C5H12O3.3C2H6/c1-3-7-11(8-4-1)12-9-5-2-6-10-12;1-7-3-5(6)4-8-2;3*1-2/h1-10H;5-6H,3-4H2,1-2H3;3*1-2H3. The molecule has 0 unspecified atom stereocenters. The average Bonchev–Trinajstić information content (AvgIpc) is 2.75. The van der Waals surface area contributed by atoms with Gasteiger partial charge in [-0.3, -0.25) is 0 Å². The second kappa shape index (κ2) is 25.6. The number of hydrogen-bond donors (Lipinski definition) is 1. The number of aliphatic hydroxyl groups excluding tert-OH is 1. The van der Waals surface area contributed by atoms with Gasteiger partial charge in [-0.15, -0.1) is 0 Å². The van der Waals surface area contributed by atoms with Crippen LogP contribution in [0.4, 0.5) is 0 Å². The third-order valence-corrected chi connectivity index (χ3v) is 2.60. The minimum absolute atomic E-state index is 0.341. The summed E-state index contributed by atoms with van der Waals surface area (Å²) in [4.78, 5) is 0. The van der Waals surface area contributed by atoms with Crippen molar-refractivity contribution in [3.05, 3.63) is 60.7 Å². The van der Waals surface area contributed by atoms with Crippen LogP contribution in [0.1, 0.15) is 41.5 Å². The van der Waals surface area contributed by atoms with Crippen molar-refractivity contribution in [3.63, 3.8) is 0 Å². The Hall–Kier alpha value is -1.68. The molecule has 0 aliphatic heterocycles. The Morgan fingerprint density at radius 3 is 1.12 bits per heavy atom. The van der Waals surface area contributed by atoms with E-state index in [4.69, 9.17) is 5.11 Å². The van der Waals surface area contributed by atoms with Crippen molar-refractivity contribution in [2.75, 3.05) is 27.4 Å². The van der Waals surface area contributed by atoms with Gasteiger partial charge in [-0.05, 0) is 11.1 Å². The van der Waals surface area contributed by atoms with Crippen LogP contribution in [0.2, 0.25) is 0 Å². The van der Waals surface area contributed by atoms with Crippen LogP contribution in [-0.2, 0) is 9.47 Å². The highest BCUT2D eigenvalue weighted by molar-refractivity contribution is 5.62. The predicted molar refractivity (Wildman–Crippen MR) is 116 cm³/mol. The summed E-state index contributed by atoms with van der Waals surface area (Å²) in [7, 11) is 3.08. The molecule has 3 nitrogen and oxygen atoms in total. The summed E-state index contributed by atoms with van der Waals surface area (Å²) in [5, 5.41) is 8.80. The Bertz CT molecular complexity index is 400. The smallest absolute Gasteiger partial charge is 0.101 e. The first-order chi connectivity index (χ1) is 12.8. The lowest BCUT2D eigenvalue weighted by Crippen LogP contribution is -2.19. The van der Waals surface area contributed by atoms with E-state index in [0.717, 1.165) is 0 Å². The van der Waals surface area contributed by atoms with Crippen LogP contribution >= 0.6 is 0 Å². The van der Waals surface area contributed by atoms with Crippen molar-refractivity contribution >= 4 is 0 Å². The van der Waals surface area contributed by atoms with Gasteiger partial charge in [-0.25, -0.2) is 0 Å². The third-order valence-electron chi connectivity index (χ3n) is 2.60. The summed E-state index contributed by atoms with van der Waals surface area (Å²) in [5.74, 6) is 0. The maximum absolute atomic E-state index is 8.80. The average molecular weight is 365 g/mol. The molecule has 0 aromatic heterocycles. The van der Waals surface area contributed by atoms with Gasteiger partial charge in [0.05, 0.1) is 13.2 Å². The van der Waals surface area contributed by atoms with E-state index in [2.05, 4.69) is 58.0 Å². The highest BCUT2D eigenvalue weighted by atomic mass is 16.5. The number of hydrogen-bond acceptors (Lipinski definition) is 3. The fraction of sp³-hybridized carbons (Fsp3) is 0.478. The number of rotatable bonds is 5. The summed E-state index contributed by atoms with van der Waals surface area (Å²) in [5.41, 5.74) is 2.55. The lowest BCUT2D eigenvalue weighted by molar-refractivity contribution is 0.00980. The van der Waals surface area contributed by atoms with E-state index in [1.165, 1.54) is 11.1 Å². The van der Waals surface area contributed by atoms with E-state index in [9.17, 15) is 0 Å². The molecule has 0 spiro atoms. The van der Waals surface area contributed by atoms with Gasteiger partial charge in [0.15, 0.2) is 0 Å². The predicted octanol–water partition coefficient (Wildman–Crippen LogP) is 6.07. The maximum Gasteiger partial charge on any atom is 0.101 e. The summed E-state index contributed by atoms with van der Waals surface area (Å²) in [6.07, 6.45) is -0.481. The topological polar surface area (TPSA) is 38.7 Å². The molecule has 1 N–H and O–H groups in total. The van der Waals surface area contributed by atoms with E-state index in [-0.39, 0.29) is 0 Å². The van der Waals surface area contributed by atoms with Gasteiger partial charge in [0.2, 0.25) is 0 Å². The normalized spacial score (nSPS) is 8.38. The van der Waals surface area contributed by atoms with Gasteiger partial charge in [0.25, 0.3) is 0 Å². The van der Waals surface area contributed by atoms with Crippen molar-refractivity contribution < 1.29 is 14.6 Å². The molecule has 0 aliphatic rings. The number of aliphatic hydroxyl groups is 1. The molecule has 0 aliphatic carbocycles. The first-order valence-corrected chi connectivity index (χ1v) is 9.54. The number of methoxy groups -OCH3 is 2. The van der Waals surface area contributed by atoms with Gasteiger partial charge < -0.3 is 14.6 Å². The van der Waals surface area contributed by atoms with Crippen molar-refractivity contribution in [1.82, 2.24) is 0 Å². The van der Waals surface area contributed by atoms with Crippen molar-refractivity contribution in [2.45, 2.75) is 47.6 Å². The van der Waals surface area contributed by atoms with E-state index in [0.29, 0.717) is 13.2 Å². The molecule has 2 rings (SSSR count). The van der Waals surface area contributed by atoms with E-state index >= 15 is 0 Å². The monoisotopic (exact) mass is 364 g/mol. The zero-order chi connectivity index (χ0) is 20.6. The minimum Gasteiger partial charge on any atom is -0.388 e. The van der Waals surface area contributed by atoms with Crippen LogP contribution < -0.4 is 0 Å². The highest BCUT2D eigenvalue weighted by Gasteiger charge is 1.99. The summed E-state index contributed by atoms with van der Waals surface area (Å²) < 4.78 is 9.25. The van der Waals surface area contributed by atoms with Crippen molar-refractivity contribution in [1.29, 1.82) is 0 Å². The van der Waals surface area contributed by atoms with Gasteiger partial charge in [-0.2, -0.15) is 0 Å². The van der Waals surface area contributed by atoms with Gasteiger partial charge in [-0.1, -0.05) is 102 Å². The molecule has 26 heavy (non-hydrogen) atoms. The SMILES string of the molecule is CC.CC.CC.COCC(O)COC.c1ccc(-c2ccccc2)cc1. The fourth-order valence-electron chi connectivity index (χ4n) is 1.69. The van der Waals surface area contributed by atoms with Crippen LogP contribution in [0.25, 0.3) is 11.1 Å². The molecule has 0 amide bonds. The Labute approximate surface area is 162 Å². The highest BCUT2D eigenvalue weighted by Crippen LogP contribution is 2.17. The first kappa shape index (κ1) is 29.1. The summed E-state index contributed by atoms with van der Waals surface area (Å²) in [6, 6.07) is 20.8. The second-order valence-electron chi connectivity index (χ2n) is 4.30. The van der Waals surface area contributed by atoms with E-state index in [1.807, 2.05) is 53.7 Å². The van der Waals surface area contributed by atoms with Crippen LogP contribution in [0, 0.1) is 0 Å². The molecule has 0 fully saturated rings. The quantitative estimate of drug-likeness (QED) is 0.699. The molecule has 0 saturated carbocycles.